The summed E-state index contributed by atoms with van der Waals surface area (Å²) in [5, 5.41) is 8.60. The van der Waals surface area contributed by atoms with Gasteiger partial charge in [0, 0.05) is 6.20 Å². The van der Waals surface area contributed by atoms with Crippen molar-refractivity contribution in [3.63, 3.8) is 0 Å². The Hall–Kier alpha value is -1.89. The van der Waals surface area contributed by atoms with E-state index in [1.54, 1.807) is 0 Å². The van der Waals surface area contributed by atoms with Gasteiger partial charge in [0.25, 0.3) is 0 Å². The van der Waals surface area contributed by atoms with Gasteiger partial charge in [-0.25, -0.2) is 0 Å². The normalized spacial score (nSPS) is 12.1. The molecule has 0 radical (unpaired) electrons. The predicted molar refractivity (Wildman–Crippen MR) is 49.0 cm³/mol. The van der Waals surface area contributed by atoms with Gasteiger partial charge in [-0.2, -0.15) is 5.10 Å². The van der Waals surface area contributed by atoms with Crippen molar-refractivity contribution in [3.8, 4) is 0 Å². The van der Waals surface area contributed by atoms with Crippen LogP contribution < -0.4 is 16.8 Å². The molecular formula is C7H11N5O2. The molecule has 0 fully saturated rings. The molecule has 14 heavy (non-hydrogen) atoms. The summed E-state index contributed by atoms with van der Waals surface area (Å²) < 4.78 is 0. The topological polar surface area (TPSA) is 127 Å². The maximum absolute atomic E-state index is 11.3. The number of hydrogen-bond acceptors (Lipinski definition) is 4. The Balaban J connectivity index is 2.46. The van der Waals surface area contributed by atoms with E-state index < -0.39 is 17.9 Å². The van der Waals surface area contributed by atoms with Gasteiger partial charge in [-0.1, -0.05) is 0 Å². The minimum Gasteiger partial charge on any atom is -0.370 e. The van der Waals surface area contributed by atoms with Crippen LogP contribution in [0.5, 0.6) is 0 Å². The van der Waals surface area contributed by atoms with Crippen molar-refractivity contribution in [2.75, 3.05) is 5.32 Å². The number of nitrogens with two attached hydrogens (primary N) is 2. The van der Waals surface area contributed by atoms with E-state index >= 15 is 0 Å². The molecule has 1 rings (SSSR count). The zero-order chi connectivity index (χ0) is 10.6. The summed E-state index contributed by atoms with van der Waals surface area (Å²) in [6.45, 7) is 0. The summed E-state index contributed by atoms with van der Waals surface area (Å²) in [7, 11) is 0. The highest BCUT2D eigenvalue weighted by molar-refractivity contribution is 5.96. The Morgan fingerprint density at radius 2 is 2.36 bits per heavy atom. The van der Waals surface area contributed by atoms with E-state index in [1.807, 2.05) is 0 Å². The fourth-order valence-corrected chi connectivity index (χ4v) is 0.864. The first kappa shape index (κ1) is 10.2. The van der Waals surface area contributed by atoms with E-state index in [2.05, 4.69) is 15.5 Å². The summed E-state index contributed by atoms with van der Waals surface area (Å²) >= 11 is 0. The number of nitrogens with one attached hydrogen (secondary N) is 2. The molecule has 1 unspecified atom stereocenters. The first-order valence-electron chi connectivity index (χ1n) is 3.93. The van der Waals surface area contributed by atoms with Crippen LogP contribution in [-0.2, 0) is 9.59 Å². The number of hydrogen-bond donors (Lipinski definition) is 4. The molecule has 0 aliphatic heterocycles. The van der Waals surface area contributed by atoms with Crippen molar-refractivity contribution >= 4 is 17.5 Å². The predicted octanol–water partition coefficient (Wildman–Crippen LogP) is -1.45. The van der Waals surface area contributed by atoms with E-state index in [1.165, 1.54) is 12.4 Å². The highest BCUT2D eigenvalue weighted by Crippen LogP contribution is 2.02. The average molecular weight is 197 g/mol. The van der Waals surface area contributed by atoms with Crippen LogP contribution in [0.1, 0.15) is 6.42 Å². The maximum Gasteiger partial charge on any atom is 0.241 e. The first-order valence-corrected chi connectivity index (χ1v) is 3.93. The smallest absolute Gasteiger partial charge is 0.241 e. The third-order valence-corrected chi connectivity index (χ3v) is 1.52. The van der Waals surface area contributed by atoms with Crippen molar-refractivity contribution in [3.05, 3.63) is 12.4 Å². The molecule has 76 valence electrons. The van der Waals surface area contributed by atoms with Gasteiger partial charge in [0.1, 0.15) is 0 Å². The lowest BCUT2D eigenvalue weighted by molar-refractivity contribution is -0.123. The fourth-order valence-electron chi connectivity index (χ4n) is 0.864. The van der Waals surface area contributed by atoms with Gasteiger partial charge >= 0.3 is 0 Å². The molecule has 0 aliphatic rings. The molecule has 7 heteroatoms. The summed E-state index contributed by atoms with van der Waals surface area (Å²) in [4.78, 5) is 21.7. The van der Waals surface area contributed by atoms with Crippen molar-refractivity contribution in [2.24, 2.45) is 11.5 Å². The lowest BCUT2D eigenvalue weighted by Gasteiger charge is -2.08. The molecule has 0 aromatic carbocycles. The molecule has 7 nitrogen and oxygen atoms in total. The van der Waals surface area contributed by atoms with Gasteiger partial charge in [0.2, 0.25) is 11.8 Å². The summed E-state index contributed by atoms with van der Waals surface area (Å²) in [6, 6.07) is -0.928. The molecule has 6 N–H and O–H groups in total. The summed E-state index contributed by atoms with van der Waals surface area (Å²) in [5.74, 6) is -1.08. The molecule has 1 atom stereocenters. The van der Waals surface area contributed by atoms with Crippen molar-refractivity contribution in [2.45, 2.75) is 12.5 Å². The van der Waals surface area contributed by atoms with Crippen LogP contribution in [0.2, 0.25) is 0 Å². The number of rotatable bonds is 4. The lowest BCUT2D eigenvalue weighted by atomic mass is 10.2. The Morgan fingerprint density at radius 1 is 1.64 bits per heavy atom. The maximum atomic E-state index is 11.3. The molecule has 1 heterocycles. The van der Waals surface area contributed by atoms with Gasteiger partial charge in [-0.3, -0.25) is 14.7 Å². The third kappa shape index (κ3) is 2.87. The number of H-pyrrole nitrogens is 1. The van der Waals surface area contributed by atoms with Crippen molar-refractivity contribution < 1.29 is 9.59 Å². The molecule has 0 bridgehead atoms. The summed E-state index contributed by atoms with van der Waals surface area (Å²) in [5.41, 5.74) is 10.8. The Bertz CT molecular complexity index is 321. The molecule has 0 saturated carbocycles. The SMILES string of the molecule is NC(=O)CC(N)C(=O)Nc1cn[nH]c1. The van der Waals surface area contributed by atoms with Crippen LogP contribution in [0.4, 0.5) is 5.69 Å². The Kier molecular flexibility index (Phi) is 3.19. The molecular weight excluding hydrogens is 186 g/mol. The van der Waals surface area contributed by atoms with E-state index in [4.69, 9.17) is 11.5 Å². The van der Waals surface area contributed by atoms with Gasteiger partial charge in [-0.05, 0) is 0 Å². The number of aromatic amines is 1. The number of anilines is 1. The number of aromatic nitrogens is 2. The first-order chi connectivity index (χ1) is 6.59. The minimum atomic E-state index is -0.928. The van der Waals surface area contributed by atoms with Crippen LogP contribution in [0.3, 0.4) is 0 Å². The zero-order valence-corrected chi connectivity index (χ0v) is 7.36. The van der Waals surface area contributed by atoms with Gasteiger partial charge in [0.05, 0.1) is 24.3 Å². The van der Waals surface area contributed by atoms with Gasteiger partial charge < -0.3 is 16.8 Å². The van der Waals surface area contributed by atoms with E-state index in [9.17, 15) is 9.59 Å². The van der Waals surface area contributed by atoms with E-state index in [-0.39, 0.29) is 6.42 Å². The second kappa shape index (κ2) is 4.38. The highest BCUT2D eigenvalue weighted by Gasteiger charge is 2.15. The highest BCUT2D eigenvalue weighted by atomic mass is 16.2. The second-order valence-electron chi connectivity index (χ2n) is 2.75. The summed E-state index contributed by atoms with van der Waals surface area (Å²) in [6.07, 6.45) is 2.74. The van der Waals surface area contributed by atoms with Crippen LogP contribution >= 0.6 is 0 Å². The minimum absolute atomic E-state index is 0.177. The van der Waals surface area contributed by atoms with E-state index in [0.717, 1.165) is 0 Å². The quantitative estimate of drug-likeness (QED) is 0.471. The molecule has 2 amide bonds. The number of primary amides is 1. The van der Waals surface area contributed by atoms with Crippen LogP contribution in [0.25, 0.3) is 0 Å². The lowest BCUT2D eigenvalue weighted by Crippen LogP contribution is -2.38. The number of amides is 2. The average Bonchev–Trinajstić information content (AvgIpc) is 2.55. The zero-order valence-electron chi connectivity index (χ0n) is 7.36. The third-order valence-electron chi connectivity index (χ3n) is 1.52. The molecule has 0 spiro atoms. The number of carbonyl (C=O) groups excluding carboxylic acids is 2. The van der Waals surface area contributed by atoms with E-state index in [0.29, 0.717) is 5.69 Å². The number of nitrogens with zero attached hydrogens (tertiary/aromatic N) is 1. The van der Waals surface area contributed by atoms with Crippen LogP contribution in [0, 0.1) is 0 Å². The van der Waals surface area contributed by atoms with Crippen LogP contribution in [0.15, 0.2) is 12.4 Å². The fraction of sp³-hybridized carbons (Fsp3) is 0.286. The van der Waals surface area contributed by atoms with Gasteiger partial charge in [-0.15, -0.1) is 0 Å². The second-order valence-corrected chi connectivity index (χ2v) is 2.75. The van der Waals surface area contributed by atoms with Crippen LogP contribution in [-0.4, -0.2) is 28.1 Å². The van der Waals surface area contributed by atoms with Crippen molar-refractivity contribution in [1.82, 2.24) is 10.2 Å². The molecule has 0 aliphatic carbocycles. The monoisotopic (exact) mass is 197 g/mol. The Labute approximate surface area is 79.8 Å². The van der Waals surface area contributed by atoms with Gasteiger partial charge in [0.15, 0.2) is 0 Å². The standard InChI is InChI=1S/C7H11N5O2/c8-5(1-6(9)13)7(14)12-4-2-10-11-3-4/h2-3,5H,1,8H2,(H2,9,13)(H,10,11)(H,12,14). The largest absolute Gasteiger partial charge is 0.370 e. The molecule has 1 aromatic heterocycles. The van der Waals surface area contributed by atoms with Crippen molar-refractivity contribution in [1.29, 1.82) is 0 Å². The number of carbonyl (C=O) groups is 2. The Morgan fingerprint density at radius 3 is 2.86 bits per heavy atom. The molecule has 1 aromatic rings. The molecule has 0 saturated heterocycles.